The molecule has 1 unspecified atom stereocenters. The third-order valence-corrected chi connectivity index (χ3v) is 6.24. The van der Waals surface area contributed by atoms with E-state index in [4.69, 9.17) is 0 Å². The van der Waals surface area contributed by atoms with Crippen molar-refractivity contribution in [2.75, 3.05) is 35.6 Å². The summed E-state index contributed by atoms with van der Waals surface area (Å²) in [6.45, 7) is 3.67. The average Bonchev–Trinajstić information content (AvgIpc) is 3.11. The fraction of sp³-hybridized carbons (Fsp3) is 0.476. The number of rotatable bonds is 4. The molecular formula is C21H26N6O. The van der Waals surface area contributed by atoms with E-state index in [1.165, 1.54) is 18.5 Å². The Morgan fingerprint density at radius 2 is 1.96 bits per heavy atom. The van der Waals surface area contributed by atoms with Crippen LogP contribution in [0.2, 0.25) is 0 Å². The molecule has 1 saturated carbocycles. The molecule has 3 atom stereocenters. The molecule has 1 aliphatic carbocycles. The minimum atomic E-state index is -0.0543. The molecule has 0 radical (unpaired) electrons. The van der Waals surface area contributed by atoms with Crippen LogP contribution in [-0.2, 0) is 11.3 Å². The van der Waals surface area contributed by atoms with Gasteiger partial charge in [0, 0.05) is 25.7 Å². The first-order valence-electron chi connectivity index (χ1n) is 10.2. The van der Waals surface area contributed by atoms with Crippen LogP contribution in [0.3, 0.4) is 0 Å². The van der Waals surface area contributed by atoms with Gasteiger partial charge in [-0.15, -0.1) is 0 Å². The van der Waals surface area contributed by atoms with Crippen LogP contribution in [0.4, 0.5) is 17.3 Å². The first kappa shape index (κ1) is 17.4. The SMILES string of the molecule is O=C1CNc2ncnc(NC3CC[C@@H]4CN(Cc5ccccc5)C[C@@H]4C3)c2N1. The fourth-order valence-corrected chi connectivity index (χ4v) is 4.92. The van der Waals surface area contributed by atoms with E-state index >= 15 is 0 Å². The van der Waals surface area contributed by atoms with E-state index in [0.717, 1.165) is 43.6 Å². The number of hydrogen-bond acceptors (Lipinski definition) is 6. The topological polar surface area (TPSA) is 82.2 Å². The van der Waals surface area contributed by atoms with Gasteiger partial charge >= 0.3 is 0 Å². The Hall–Kier alpha value is -2.67. The Morgan fingerprint density at radius 3 is 2.86 bits per heavy atom. The third kappa shape index (κ3) is 3.54. The number of fused-ring (bicyclic) bond motifs is 2. The van der Waals surface area contributed by atoms with Crippen LogP contribution in [0.5, 0.6) is 0 Å². The van der Waals surface area contributed by atoms with E-state index < -0.39 is 0 Å². The molecule has 1 aromatic heterocycles. The number of carbonyl (C=O) groups excluding carboxylic acids is 1. The number of hydrogen-bond donors (Lipinski definition) is 3. The second kappa shape index (κ2) is 7.39. The average molecular weight is 378 g/mol. The van der Waals surface area contributed by atoms with E-state index in [1.807, 2.05) is 0 Å². The zero-order valence-corrected chi connectivity index (χ0v) is 15.9. The Bertz CT molecular complexity index is 857. The molecular weight excluding hydrogens is 352 g/mol. The summed E-state index contributed by atoms with van der Waals surface area (Å²) in [6.07, 6.45) is 5.08. The Labute approximate surface area is 164 Å². The smallest absolute Gasteiger partial charge is 0.243 e. The van der Waals surface area contributed by atoms with Crippen molar-refractivity contribution in [1.82, 2.24) is 14.9 Å². The van der Waals surface area contributed by atoms with Gasteiger partial charge in [0.25, 0.3) is 0 Å². The number of nitrogens with one attached hydrogen (secondary N) is 3. The van der Waals surface area contributed by atoms with E-state index in [0.29, 0.717) is 17.5 Å². The first-order valence-corrected chi connectivity index (χ1v) is 10.2. The first-order chi connectivity index (χ1) is 13.7. The summed E-state index contributed by atoms with van der Waals surface area (Å²) in [5.41, 5.74) is 2.07. The van der Waals surface area contributed by atoms with Crippen LogP contribution >= 0.6 is 0 Å². The van der Waals surface area contributed by atoms with Gasteiger partial charge in [0.2, 0.25) is 5.91 Å². The molecule has 0 bridgehead atoms. The lowest BCUT2D eigenvalue weighted by molar-refractivity contribution is -0.114. The summed E-state index contributed by atoms with van der Waals surface area (Å²) in [6, 6.07) is 11.1. The molecule has 7 nitrogen and oxygen atoms in total. The number of aromatic nitrogens is 2. The molecule has 2 aliphatic heterocycles. The van der Waals surface area contributed by atoms with E-state index in [-0.39, 0.29) is 12.5 Å². The lowest BCUT2D eigenvalue weighted by atomic mass is 9.79. The number of amides is 1. The standard InChI is InChI=1S/C21H26N6O/c28-18-9-22-20-19(26-18)21(24-13-23-20)25-17-7-6-15-11-27(12-16(15)8-17)10-14-4-2-1-3-5-14/h1-5,13,15-17H,6-12H2,(H,26,28)(H2,22,23,24,25)/t15-,16+,17?/m1/s1. The van der Waals surface area contributed by atoms with Crippen molar-refractivity contribution in [2.45, 2.75) is 31.8 Å². The van der Waals surface area contributed by atoms with Crippen LogP contribution in [0.25, 0.3) is 0 Å². The Kier molecular flexibility index (Phi) is 4.60. The van der Waals surface area contributed by atoms with Gasteiger partial charge in [-0.05, 0) is 36.7 Å². The molecule has 146 valence electrons. The van der Waals surface area contributed by atoms with Gasteiger partial charge in [0.15, 0.2) is 11.6 Å². The predicted molar refractivity (Wildman–Crippen MR) is 109 cm³/mol. The van der Waals surface area contributed by atoms with Crippen LogP contribution in [0, 0.1) is 11.8 Å². The summed E-state index contributed by atoms with van der Waals surface area (Å²) in [5, 5.41) is 9.53. The van der Waals surface area contributed by atoms with Crippen molar-refractivity contribution in [1.29, 1.82) is 0 Å². The summed E-state index contributed by atoms with van der Waals surface area (Å²) >= 11 is 0. The number of carbonyl (C=O) groups is 1. The second-order valence-corrected chi connectivity index (χ2v) is 8.20. The van der Waals surface area contributed by atoms with Gasteiger partial charge in [-0.3, -0.25) is 9.69 Å². The Balaban J connectivity index is 1.23. The van der Waals surface area contributed by atoms with Crippen molar-refractivity contribution < 1.29 is 4.79 Å². The molecule has 5 rings (SSSR count). The lowest BCUT2D eigenvalue weighted by Gasteiger charge is -2.32. The highest BCUT2D eigenvalue weighted by Gasteiger charge is 2.38. The highest BCUT2D eigenvalue weighted by atomic mass is 16.2. The highest BCUT2D eigenvalue weighted by molar-refractivity contribution is 6.02. The quantitative estimate of drug-likeness (QED) is 0.759. The monoisotopic (exact) mass is 378 g/mol. The van der Waals surface area contributed by atoms with Gasteiger partial charge < -0.3 is 16.0 Å². The van der Waals surface area contributed by atoms with Crippen LogP contribution in [0.15, 0.2) is 36.7 Å². The maximum atomic E-state index is 11.7. The number of likely N-dealkylation sites (tertiary alicyclic amines) is 1. The summed E-state index contributed by atoms with van der Waals surface area (Å²) < 4.78 is 0. The molecule has 1 amide bonds. The maximum absolute atomic E-state index is 11.7. The third-order valence-electron chi connectivity index (χ3n) is 6.24. The zero-order chi connectivity index (χ0) is 18.9. The lowest BCUT2D eigenvalue weighted by Crippen LogP contribution is -2.34. The fourth-order valence-electron chi connectivity index (χ4n) is 4.92. The molecule has 7 heteroatoms. The van der Waals surface area contributed by atoms with Crippen LogP contribution in [0.1, 0.15) is 24.8 Å². The van der Waals surface area contributed by atoms with Crippen molar-refractivity contribution >= 4 is 23.2 Å². The van der Waals surface area contributed by atoms with E-state index in [1.54, 1.807) is 6.33 Å². The van der Waals surface area contributed by atoms with Gasteiger partial charge in [-0.2, -0.15) is 0 Å². The molecule has 2 aromatic rings. The molecule has 1 aromatic carbocycles. The molecule has 3 aliphatic rings. The van der Waals surface area contributed by atoms with E-state index in [2.05, 4.69) is 61.2 Å². The number of nitrogens with zero attached hydrogens (tertiary/aromatic N) is 3. The largest absolute Gasteiger partial charge is 0.365 e. The predicted octanol–water partition coefficient (Wildman–Crippen LogP) is 2.55. The molecule has 3 heterocycles. The van der Waals surface area contributed by atoms with Crippen molar-refractivity contribution in [3.05, 3.63) is 42.2 Å². The normalized spacial score (nSPS) is 26.7. The molecule has 3 N–H and O–H groups in total. The molecule has 2 fully saturated rings. The summed E-state index contributed by atoms with van der Waals surface area (Å²) in [5.74, 6) is 2.89. The van der Waals surface area contributed by atoms with Crippen molar-refractivity contribution in [3.8, 4) is 0 Å². The zero-order valence-electron chi connectivity index (χ0n) is 15.9. The summed E-state index contributed by atoms with van der Waals surface area (Å²) in [4.78, 5) is 23.0. The number of anilines is 3. The van der Waals surface area contributed by atoms with Crippen LogP contribution in [-0.4, -0.2) is 46.5 Å². The van der Waals surface area contributed by atoms with Gasteiger partial charge in [-0.25, -0.2) is 9.97 Å². The van der Waals surface area contributed by atoms with Gasteiger partial charge in [0.1, 0.15) is 12.0 Å². The summed E-state index contributed by atoms with van der Waals surface area (Å²) in [7, 11) is 0. The minimum Gasteiger partial charge on any atom is -0.365 e. The van der Waals surface area contributed by atoms with Gasteiger partial charge in [0.05, 0.1) is 6.54 Å². The van der Waals surface area contributed by atoms with Crippen molar-refractivity contribution in [3.63, 3.8) is 0 Å². The molecule has 1 saturated heterocycles. The second-order valence-electron chi connectivity index (χ2n) is 8.20. The molecule has 28 heavy (non-hydrogen) atoms. The van der Waals surface area contributed by atoms with E-state index in [9.17, 15) is 4.79 Å². The highest BCUT2D eigenvalue weighted by Crippen LogP contribution is 2.39. The maximum Gasteiger partial charge on any atom is 0.243 e. The Morgan fingerprint density at radius 1 is 1.11 bits per heavy atom. The molecule has 0 spiro atoms. The minimum absolute atomic E-state index is 0.0543. The van der Waals surface area contributed by atoms with Crippen molar-refractivity contribution in [2.24, 2.45) is 11.8 Å². The number of benzene rings is 1. The van der Waals surface area contributed by atoms with Gasteiger partial charge in [-0.1, -0.05) is 30.3 Å². The van der Waals surface area contributed by atoms with Crippen LogP contribution < -0.4 is 16.0 Å².